The summed E-state index contributed by atoms with van der Waals surface area (Å²) in [5, 5.41) is 7.87. The summed E-state index contributed by atoms with van der Waals surface area (Å²) in [5.41, 5.74) is 9.88. The first kappa shape index (κ1) is 21.2. The number of benzene rings is 2. The van der Waals surface area contributed by atoms with Gasteiger partial charge < -0.3 is 11.1 Å². The summed E-state index contributed by atoms with van der Waals surface area (Å²) in [7, 11) is 0. The fraction of sp³-hybridized carbons (Fsp3) is 0.167. The molecule has 0 aliphatic carbocycles. The van der Waals surface area contributed by atoms with Crippen LogP contribution in [0.25, 0.3) is 10.9 Å². The van der Waals surface area contributed by atoms with Crippen molar-refractivity contribution in [2.75, 3.05) is 5.32 Å². The van der Waals surface area contributed by atoms with Gasteiger partial charge in [-0.25, -0.2) is 9.37 Å². The molecule has 0 fully saturated rings. The quantitative estimate of drug-likeness (QED) is 0.500. The van der Waals surface area contributed by atoms with E-state index in [9.17, 15) is 14.0 Å². The standard InChI is InChI=1S/C24H22FN5O2/c1-13-5-4-6-16(9-13)12-30-15(3)22(14(2)29-30)28-24(32)19-11-21(23(26)31)27-20-10-17(25)7-8-18(19)20/h4-11H,12H2,1-3H3,(H2,26,31)(H,28,32). The molecule has 4 aromatic rings. The molecule has 2 aromatic carbocycles. The van der Waals surface area contributed by atoms with E-state index in [2.05, 4.69) is 21.5 Å². The predicted molar refractivity (Wildman–Crippen MR) is 120 cm³/mol. The van der Waals surface area contributed by atoms with Gasteiger partial charge in [0, 0.05) is 11.5 Å². The second-order valence-electron chi connectivity index (χ2n) is 7.73. The lowest BCUT2D eigenvalue weighted by molar-refractivity contribution is 0.0996. The minimum Gasteiger partial charge on any atom is -0.364 e. The molecule has 3 N–H and O–H groups in total. The third kappa shape index (κ3) is 4.07. The number of rotatable bonds is 5. The summed E-state index contributed by atoms with van der Waals surface area (Å²) >= 11 is 0. The molecule has 0 atom stereocenters. The SMILES string of the molecule is Cc1cccc(Cn2nc(C)c(NC(=O)c3cc(C(N)=O)nc4cc(F)ccc34)c2C)c1. The average Bonchev–Trinajstić information content (AvgIpc) is 2.99. The maximum Gasteiger partial charge on any atom is 0.267 e. The van der Waals surface area contributed by atoms with Crippen molar-refractivity contribution >= 4 is 28.4 Å². The highest BCUT2D eigenvalue weighted by Crippen LogP contribution is 2.25. The number of nitrogens with one attached hydrogen (secondary N) is 1. The Hall–Kier alpha value is -4.07. The fourth-order valence-electron chi connectivity index (χ4n) is 3.71. The normalized spacial score (nSPS) is 11.0. The van der Waals surface area contributed by atoms with E-state index in [0.717, 1.165) is 22.9 Å². The molecule has 0 aliphatic rings. The summed E-state index contributed by atoms with van der Waals surface area (Å²) in [5.74, 6) is -1.79. The maximum atomic E-state index is 13.7. The van der Waals surface area contributed by atoms with E-state index in [0.29, 0.717) is 23.3 Å². The Morgan fingerprint density at radius 3 is 2.59 bits per heavy atom. The second kappa shape index (κ2) is 8.22. The Morgan fingerprint density at radius 2 is 1.88 bits per heavy atom. The second-order valence-corrected chi connectivity index (χ2v) is 7.73. The van der Waals surface area contributed by atoms with Crippen LogP contribution in [0.2, 0.25) is 0 Å². The third-order valence-corrected chi connectivity index (χ3v) is 5.30. The first-order chi connectivity index (χ1) is 15.2. The van der Waals surface area contributed by atoms with Gasteiger partial charge in [0.05, 0.1) is 34.7 Å². The number of carbonyl (C=O) groups is 2. The fourth-order valence-corrected chi connectivity index (χ4v) is 3.71. The highest BCUT2D eigenvalue weighted by molar-refractivity contribution is 6.14. The van der Waals surface area contributed by atoms with Crippen LogP contribution in [0.3, 0.4) is 0 Å². The first-order valence-electron chi connectivity index (χ1n) is 10.0. The summed E-state index contributed by atoms with van der Waals surface area (Å²) in [4.78, 5) is 28.9. The molecule has 0 radical (unpaired) electrons. The van der Waals surface area contributed by atoms with E-state index in [1.807, 2.05) is 43.7 Å². The lowest BCUT2D eigenvalue weighted by Gasteiger charge is -2.10. The highest BCUT2D eigenvalue weighted by Gasteiger charge is 2.19. The van der Waals surface area contributed by atoms with Gasteiger partial charge in [-0.2, -0.15) is 5.10 Å². The van der Waals surface area contributed by atoms with E-state index in [-0.39, 0.29) is 16.8 Å². The Bertz CT molecular complexity index is 1380. The molecule has 32 heavy (non-hydrogen) atoms. The van der Waals surface area contributed by atoms with Crippen molar-refractivity contribution in [3.05, 3.63) is 88.1 Å². The minimum atomic E-state index is -0.802. The van der Waals surface area contributed by atoms with Crippen LogP contribution in [0.4, 0.5) is 10.1 Å². The number of hydrogen-bond acceptors (Lipinski definition) is 4. The molecular weight excluding hydrogens is 409 g/mol. The van der Waals surface area contributed by atoms with Crippen molar-refractivity contribution in [3.8, 4) is 0 Å². The molecule has 0 saturated carbocycles. The summed E-state index contributed by atoms with van der Waals surface area (Å²) in [6.45, 7) is 6.28. The molecule has 0 unspecified atom stereocenters. The van der Waals surface area contributed by atoms with Crippen LogP contribution in [-0.4, -0.2) is 26.6 Å². The number of anilines is 1. The number of aromatic nitrogens is 3. The molecule has 0 aliphatic heterocycles. The molecular formula is C24H22FN5O2. The number of fused-ring (bicyclic) bond motifs is 1. The van der Waals surface area contributed by atoms with E-state index < -0.39 is 17.6 Å². The number of aryl methyl sites for hydroxylation is 2. The zero-order valence-electron chi connectivity index (χ0n) is 17.9. The van der Waals surface area contributed by atoms with Gasteiger partial charge in [0.25, 0.3) is 11.8 Å². The Balaban J connectivity index is 1.70. The van der Waals surface area contributed by atoms with E-state index in [1.54, 1.807) is 0 Å². The Labute approximate surface area is 184 Å². The minimum absolute atomic E-state index is 0.114. The van der Waals surface area contributed by atoms with Crippen molar-refractivity contribution in [1.29, 1.82) is 0 Å². The molecule has 2 heterocycles. The summed E-state index contributed by atoms with van der Waals surface area (Å²) in [6.07, 6.45) is 0. The summed E-state index contributed by atoms with van der Waals surface area (Å²) in [6, 6.07) is 13.3. The Kier molecular flexibility index (Phi) is 5.44. The number of primary amides is 1. The Morgan fingerprint density at radius 1 is 1.09 bits per heavy atom. The van der Waals surface area contributed by atoms with E-state index in [1.165, 1.54) is 18.2 Å². The number of halogens is 1. The molecule has 8 heteroatoms. The number of amides is 2. The van der Waals surface area contributed by atoms with Gasteiger partial charge in [0.2, 0.25) is 0 Å². The number of hydrogen-bond donors (Lipinski definition) is 2. The largest absolute Gasteiger partial charge is 0.364 e. The van der Waals surface area contributed by atoms with Crippen LogP contribution < -0.4 is 11.1 Å². The van der Waals surface area contributed by atoms with Gasteiger partial charge in [-0.05, 0) is 44.5 Å². The smallest absolute Gasteiger partial charge is 0.267 e. The number of nitrogens with two attached hydrogens (primary N) is 1. The van der Waals surface area contributed by atoms with Crippen LogP contribution >= 0.6 is 0 Å². The van der Waals surface area contributed by atoms with Crippen molar-refractivity contribution in [2.45, 2.75) is 27.3 Å². The lowest BCUT2D eigenvalue weighted by Crippen LogP contribution is -2.18. The molecule has 2 aromatic heterocycles. The van der Waals surface area contributed by atoms with Crippen LogP contribution in [0.5, 0.6) is 0 Å². The summed E-state index contributed by atoms with van der Waals surface area (Å²) < 4.78 is 15.5. The molecule has 0 saturated heterocycles. The molecule has 162 valence electrons. The predicted octanol–water partition coefficient (Wildman–Crippen LogP) is 3.90. The van der Waals surface area contributed by atoms with Crippen molar-refractivity contribution < 1.29 is 14.0 Å². The van der Waals surface area contributed by atoms with E-state index >= 15 is 0 Å². The topological polar surface area (TPSA) is 103 Å². The zero-order valence-corrected chi connectivity index (χ0v) is 17.9. The van der Waals surface area contributed by atoms with Crippen LogP contribution in [0.1, 0.15) is 43.4 Å². The molecule has 2 amide bonds. The number of carbonyl (C=O) groups excluding carboxylic acids is 2. The monoisotopic (exact) mass is 431 g/mol. The van der Waals surface area contributed by atoms with Crippen molar-refractivity contribution in [1.82, 2.24) is 14.8 Å². The molecule has 4 rings (SSSR count). The number of nitrogens with zero attached hydrogens (tertiary/aromatic N) is 3. The van der Waals surface area contributed by atoms with Gasteiger partial charge in [-0.15, -0.1) is 0 Å². The van der Waals surface area contributed by atoms with Gasteiger partial charge in [-0.1, -0.05) is 29.8 Å². The van der Waals surface area contributed by atoms with Crippen LogP contribution in [0, 0.1) is 26.6 Å². The zero-order chi connectivity index (χ0) is 23.0. The average molecular weight is 431 g/mol. The van der Waals surface area contributed by atoms with Crippen molar-refractivity contribution in [2.24, 2.45) is 5.73 Å². The van der Waals surface area contributed by atoms with Gasteiger partial charge >= 0.3 is 0 Å². The third-order valence-electron chi connectivity index (χ3n) is 5.30. The molecule has 0 bridgehead atoms. The maximum absolute atomic E-state index is 13.7. The van der Waals surface area contributed by atoms with E-state index in [4.69, 9.17) is 5.73 Å². The van der Waals surface area contributed by atoms with Crippen LogP contribution in [0.15, 0.2) is 48.5 Å². The van der Waals surface area contributed by atoms with Gasteiger partial charge in [-0.3, -0.25) is 14.3 Å². The lowest BCUT2D eigenvalue weighted by atomic mass is 10.1. The highest BCUT2D eigenvalue weighted by atomic mass is 19.1. The van der Waals surface area contributed by atoms with Crippen LogP contribution in [-0.2, 0) is 6.54 Å². The molecule has 0 spiro atoms. The molecule has 7 nitrogen and oxygen atoms in total. The van der Waals surface area contributed by atoms with Gasteiger partial charge in [0.1, 0.15) is 11.5 Å². The van der Waals surface area contributed by atoms with Crippen molar-refractivity contribution in [3.63, 3.8) is 0 Å². The first-order valence-corrected chi connectivity index (χ1v) is 10.0. The van der Waals surface area contributed by atoms with Gasteiger partial charge in [0.15, 0.2) is 0 Å². The number of pyridine rings is 1.